The molecule has 20 nitrogen and oxygen atoms in total. The van der Waals surface area contributed by atoms with E-state index in [-0.39, 0.29) is 118 Å². The number of hydrogen-bond acceptors (Lipinski definition) is 20. The lowest BCUT2D eigenvalue weighted by atomic mass is 9.76. The van der Waals surface area contributed by atoms with Crippen LogP contribution < -0.4 is 28.7 Å². The zero-order valence-electron chi connectivity index (χ0n) is 79.3. The predicted molar refractivity (Wildman–Crippen MR) is 533 cm³/mol. The van der Waals surface area contributed by atoms with E-state index in [0.717, 1.165) is 187 Å². The second-order valence-electron chi connectivity index (χ2n) is 36.5. The molecular formula is C105H99F16N15O5S5. The van der Waals surface area contributed by atoms with Crippen molar-refractivity contribution >= 4 is 114 Å². The Bertz CT molecular complexity index is 6350. The highest BCUT2D eigenvalue weighted by molar-refractivity contribution is 8.16. The van der Waals surface area contributed by atoms with Crippen LogP contribution in [0.4, 0.5) is 70.2 Å². The number of benzene rings is 10. The van der Waals surface area contributed by atoms with Crippen molar-refractivity contribution in [1.29, 1.82) is 0 Å². The molecule has 0 unspecified atom stereocenters. The van der Waals surface area contributed by atoms with E-state index < -0.39 is 123 Å². The van der Waals surface area contributed by atoms with Gasteiger partial charge in [-0.2, -0.15) is 25.5 Å². The summed E-state index contributed by atoms with van der Waals surface area (Å²) in [6, 6.07) is 35.5. The number of aryl methyl sites for hydroxylation is 4. The topological polar surface area (TPSA) is 293 Å². The number of carbonyl (C=O) groups is 5. The Morgan fingerprint density at radius 2 is 0.438 bits per heavy atom. The van der Waals surface area contributed by atoms with Crippen LogP contribution in [-0.2, 0) is 80.4 Å². The summed E-state index contributed by atoms with van der Waals surface area (Å²) in [5, 5.41) is 29.0. The molecule has 10 aliphatic rings. The van der Waals surface area contributed by atoms with Gasteiger partial charge < -0.3 is 28.7 Å². The maximum Gasteiger partial charge on any atom is 0.241 e. The summed E-state index contributed by atoms with van der Waals surface area (Å²) in [4.78, 5) is 57.5. The van der Waals surface area contributed by atoms with Crippen LogP contribution in [0.5, 0.6) is 0 Å². The molecule has 5 spiro atoms. The molecule has 766 valence electrons. The van der Waals surface area contributed by atoms with Crippen LogP contribution in [0.1, 0.15) is 182 Å². The Balaban J connectivity index is 0.000000131. The minimum Gasteiger partial charge on any atom is -0.330 e. The Morgan fingerprint density at radius 1 is 0.253 bits per heavy atom. The van der Waals surface area contributed by atoms with Gasteiger partial charge >= 0.3 is 0 Å². The van der Waals surface area contributed by atoms with E-state index in [1.165, 1.54) is 156 Å². The fourth-order valence-electron chi connectivity index (χ4n) is 21.4. The molecule has 0 fully saturated rings. The van der Waals surface area contributed by atoms with E-state index in [2.05, 4.69) is 25.5 Å². The smallest absolute Gasteiger partial charge is 0.241 e. The van der Waals surface area contributed by atoms with E-state index in [1.807, 2.05) is 0 Å². The van der Waals surface area contributed by atoms with Gasteiger partial charge in [-0.25, -0.2) is 95.3 Å². The monoisotopic (exact) mass is 2110 g/mol. The SMILES string of the molecule is CC(=O)N1N=C(c2cc(F)ccc2F)S[C@@]12c1cc(F)cc(F)c1CC[C@H]2CCN.CC(=O)N1N=C(c2cc(F)ccc2F)S[C@@]12c1cc(F)ccc1CC[C@@H]2CCN.CC(=O)N1N=C(c2cc(F)ccc2F)S[C@@]12c1cc(F)ccc1CC[C@H]2CCN.CC(=O)N1N=C(c2cc(F)ccc2F)S[C@]12c1cc(F)ccc1CC[C@@H]2CCN.CC(=O)N1N=C(c2cc(F)ccc2F)S[C@]12c1cc(F)ccc1CC[C@H]2CCN. The largest absolute Gasteiger partial charge is 0.330 e. The first-order valence-electron chi connectivity index (χ1n) is 47.1. The lowest BCUT2D eigenvalue weighted by Crippen LogP contribution is -2.49. The van der Waals surface area contributed by atoms with Gasteiger partial charge in [0.05, 0.1) is 0 Å². The number of nitrogens with two attached hydrogens (primary N) is 5. The zero-order chi connectivity index (χ0) is 105. The first kappa shape index (κ1) is 107. The molecule has 0 radical (unpaired) electrons. The van der Waals surface area contributed by atoms with Crippen molar-refractivity contribution in [2.24, 2.45) is 83.8 Å². The van der Waals surface area contributed by atoms with Crippen molar-refractivity contribution in [1.82, 2.24) is 25.0 Å². The number of hydrazone groups is 5. The molecule has 5 aliphatic carbocycles. The van der Waals surface area contributed by atoms with Crippen LogP contribution in [0.15, 0.2) is 201 Å². The predicted octanol–water partition coefficient (Wildman–Crippen LogP) is 20.8. The number of amides is 5. The zero-order valence-corrected chi connectivity index (χ0v) is 83.3. The van der Waals surface area contributed by atoms with Gasteiger partial charge in [0, 0.05) is 68.5 Å². The molecular weight excluding hydrogens is 2020 g/mol. The molecule has 5 aliphatic heterocycles. The average Bonchev–Trinajstić information content (AvgIpc) is 1.56. The first-order valence-corrected chi connectivity index (χ1v) is 51.2. The van der Waals surface area contributed by atoms with Crippen LogP contribution >= 0.6 is 58.8 Å². The number of carbonyl (C=O) groups excluding carboxylic acids is 5. The molecule has 5 heterocycles. The van der Waals surface area contributed by atoms with Crippen molar-refractivity contribution in [3.8, 4) is 0 Å². The second-order valence-corrected chi connectivity index (χ2v) is 42.5. The summed E-state index contributed by atoms with van der Waals surface area (Å²) in [7, 11) is 0. The van der Waals surface area contributed by atoms with Crippen LogP contribution in [0, 0.1) is 123 Å². The van der Waals surface area contributed by atoms with Gasteiger partial charge in [0.15, 0.2) is 0 Å². The summed E-state index contributed by atoms with van der Waals surface area (Å²) < 4.78 is 227. The summed E-state index contributed by atoms with van der Waals surface area (Å²) >= 11 is 5.70. The Kier molecular flexibility index (Phi) is 32.3. The van der Waals surface area contributed by atoms with Gasteiger partial charge in [-0.1, -0.05) is 83.1 Å². The second kappa shape index (κ2) is 44.0. The molecule has 5 amide bonds. The van der Waals surface area contributed by atoms with E-state index in [4.69, 9.17) is 28.7 Å². The van der Waals surface area contributed by atoms with Gasteiger partial charge in [0.1, 0.15) is 143 Å². The molecule has 0 aromatic heterocycles. The van der Waals surface area contributed by atoms with Crippen molar-refractivity contribution in [2.75, 3.05) is 32.7 Å². The summed E-state index contributed by atoms with van der Waals surface area (Å²) in [5.74, 6) is -12.2. The number of nitrogens with zero attached hydrogens (tertiary/aromatic N) is 10. The number of hydrogen-bond donors (Lipinski definition) is 5. The molecule has 41 heteroatoms. The molecule has 0 bridgehead atoms. The number of rotatable bonds is 15. The fourth-order valence-corrected chi connectivity index (χ4v) is 29.6. The third-order valence-corrected chi connectivity index (χ3v) is 35.2. The average molecular weight is 2120 g/mol. The van der Waals surface area contributed by atoms with Crippen molar-refractivity contribution in [3.05, 3.63) is 352 Å². The van der Waals surface area contributed by atoms with E-state index in [1.54, 1.807) is 24.3 Å². The number of fused-ring (bicyclic) bond motifs is 10. The molecule has 20 rings (SSSR count). The minimum atomic E-state index is -1.30. The van der Waals surface area contributed by atoms with E-state index >= 15 is 0 Å². The molecule has 10 atom stereocenters. The molecule has 10 N–H and O–H groups in total. The number of halogens is 16. The summed E-state index contributed by atoms with van der Waals surface area (Å²) in [6.45, 7) is 8.55. The van der Waals surface area contributed by atoms with E-state index in [9.17, 15) is 94.2 Å². The van der Waals surface area contributed by atoms with Crippen LogP contribution in [0.2, 0.25) is 0 Å². The lowest BCUT2D eigenvalue weighted by Gasteiger charge is -2.45. The maximum absolute atomic E-state index is 14.6. The van der Waals surface area contributed by atoms with E-state index in [0.29, 0.717) is 98.9 Å². The minimum absolute atomic E-state index is 0.0202. The van der Waals surface area contributed by atoms with Crippen LogP contribution in [0.25, 0.3) is 0 Å². The Labute approximate surface area is 851 Å². The Hall–Kier alpha value is -11.7. The van der Waals surface area contributed by atoms with Gasteiger partial charge in [0.2, 0.25) is 29.5 Å². The van der Waals surface area contributed by atoms with Crippen molar-refractivity contribution in [3.63, 3.8) is 0 Å². The van der Waals surface area contributed by atoms with Crippen molar-refractivity contribution in [2.45, 2.75) is 155 Å². The van der Waals surface area contributed by atoms with Gasteiger partial charge in [-0.15, -0.1) is 0 Å². The summed E-state index contributed by atoms with van der Waals surface area (Å²) in [6.07, 6.45) is 9.41. The molecule has 0 saturated heterocycles. The number of thioether (sulfide) groups is 5. The van der Waals surface area contributed by atoms with Crippen LogP contribution in [-0.4, -0.2) is 113 Å². The fraction of sp³-hybridized carbons (Fsp3) is 0.333. The third-order valence-electron chi connectivity index (χ3n) is 27.6. The molecule has 0 saturated carbocycles. The quantitative estimate of drug-likeness (QED) is 0.0596. The Morgan fingerprint density at radius 3 is 0.644 bits per heavy atom. The van der Waals surface area contributed by atoms with Crippen LogP contribution in [0.3, 0.4) is 0 Å². The first-order chi connectivity index (χ1) is 69.7. The van der Waals surface area contributed by atoms with Gasteiger partial charge in [-0.3, -0.25) is 24.0 Å². The lowest BCUT2D eigenvalue weighted by molar-refractivity contribution is -0.135. The van der Waals surface area contributed by atoms with Crippen molar-refractivity contribution < 1.29 is 94.2 Å². The highest BCUT2D eigenvalue weighted by Crippen LogP contribution is 2.64. The highest BCUT2D eigenvalue weighted by atomic mass is 32.2. The maximum atomic E-state index is 14.6. The normalized spacial score (nSPS) is 23.2. The molecule has 10 aromatic rings. The third kappa shape index (κ3) is 20.2. The molecule has 146 heavy (non-hydrogen) atoms. The standard InChI is InChI=1S/C21H19F4N3OS.4C21H20F3N3OS/c1-11(29)28-21(30-20(27-28)16-8-13(22)3-5-18(16)24)12(6-7-26)2-4-15-17(21)9-14(23)10-19(15)25;4*1-12(28)27-21(29-20(26-27)17-10-15(22)6-7-19(17)24)14(8-9-25)4-2-13-3-5-16(23)11-18(13)21/h3,5,8-10,12H,2,4,6-7,26H2,1H3;4*3,5-7,10-11,14H,2,4,8-9,25H2,1H3/t12-,21-;2*14-,21+;2*14-,21-/m01010/s1. The highest BCUT2D eigenvalue weighted by Gasteiger charge is 2.62. The summed E-state index contributed by atoms with van der Waals surface area (Å²) in [5.41, 5.74) is 35.7. The van der Waals surface area contributed by atoms with Gasteiger partial charge in [0.25, 0.3) is 0 Å². The van der Waals surface area contributed by atoms with Gasteiger partial charge in [-0.05, 0) is 360 Å². The molecule has 10 aromatic carbocycles.